The first-order chi connectivity index (χ1) is 12.8. The first kappa shape index (κ1) is 15.8. The maximum Gasteiger partial charge on any atom is 0.231 e. The van der Waals surface area contributed by atoms with Crippen molar-refractivity contribution in [2.24, 2.45) is 0 Å². The standard InChI is InChI=1S/C23H25NO2/c1-2-3-6-12-24-15-23(18-9-4-5-10-20(18)24)11-7-8-17-13-21-22(14-19(17)23)26-16-25-21/h4-5,7-10,13-14H,2-3,6,11-12,15-16H2,1H3. The fourth-order valence-electron chi connectivity index (χ4n) is 4.81. The van der Waals surface area contributed by atoms with Crippen LogP contribution in [0.4, 0.5) is 5.69 Å². The summed E-state index contributed by atoms with van der Waals surface area (Å²) < 4.78 is 11.3. The van der Waals surface area contributed by atoms with Gasteiger partial charge in [-0.25, -0.2) is 0 Å². The van der Waals surface area contributed by atoms with Gasteiger partial charge < -0.3 is 14.4 Å². The number of benzene rings is 2. The summed E-state index contributed by atoms with van der Waals surface area (Å²) in [5.74, 6) is 1.76. The van der Waals surface area contributed by atoms with Gasteiger partial charge in [0.25, 0.3) is 0 Å². The van der Waals surface area contributed by atoms with Gasteiger partial charge in [0.1, 0.15) is 0 Å². The van der Waals surface area contributed by atoms with Crippen molar-refractivity contribution in [2.45, 2.75) is 38.0 Å². The van der Waals surface area contributed by atoms with Crippen molar-refractivity contribution in [1.29, 1.82) is 0 Å². The zero-order valence-corrected chi connectivity index (χ0v) is 15.3. The van der Waals surface area contributed by atoms with Gasteiger partial charge in [0.15, 0.2) is 11.5 Å². The van der Waals surface area contributed by atoms with Crippen LogP contribution >= 0.6 is 0 Å². The van der Waals surface area contributed by atoms with E-state index in [1.54, 1.807) is 0 Å². The maximum atomic E-state index is 5.70. The Hall–Kier alpha value is -2.42. The zero-order valence-electron chi connectivity index (χ0n) is 15.3. The van der Waals surface area contributed by atoms with Crippen molar-refractivity contribution in [2.75, 3.05) is 24.8 Å². The first-order valence-corrected chi connectivity index (χ1v) is 9.77. The average molecular weight is 347 g/mol. The largest absolute Gasteiger partial charge is 0.454 e. The van der Waals surface area contributed by atoms with Crippen molar-refractivity contribution in [3.8, 4) is 11.5 Å². The number of ether oxygens (including phenoxy) is 2. The summed E-state index contributed by atoms with van der Waals surface area (Å²) >= 11 is 0. The molecule has 1 spiro atoms. The molecule has 3 nitrogen and oxygen atoms in total. The Morgan fingerprint density at radius 3 is 2.77 bits per heavy atom. The number of rotatable bonds is 4. The van der Waals surface area contributed by atoms with Crippen molar-refractivity contribution in [3.63, 3.8) is 0 Å². The molecule has 0 N–H and O–H groups in total. The van der Waals surface area contributed by atoms with Gasteiger partial charge >= 0.3 is 0 Å². The van der Waals surface area contributed by atoms with E-state index in [-0.39, 0.29) is 5.41 Å². The van der Waals surface area contributed by atoms with Crippen LogP contribution in [0.1, 0.15) is 49.3 Å². The molecule has 0 bridgehead atoms. The van der Waals surface area contributed by atoms with Gasteiger partial charge in [-0.05, 0) is 47.7 Å². The van der Waals surface area contributed by atoms with Gasteiger partial charge in [-0.1, -0.05) is 50.1 Å². The highest BCUT2D eigenvalue weighted by Gasteiger charge is 2.45. The SMILES string of the molecule is CCCCCN1CC2(CC=Cc3cc4c(cc32)OCO4)c2ccccc21. The Morgan fingerprint density at radius 1 is 1.04 bits per heavy atom. The van der Waals surface area contributed by atoms with E-state index >= 15 is 0 Å². The van der Waals surface area contributed by atoms with E-state index in [4.69, 9.17) is 9.47 Å². The summed E-state index contributed by atoms with van der Waals surface area (Å²) in [6, 6.07) is 13.3. The van der Waals surface area contributed by atoms with Gasteiger partial charge in [0, 0.05) is 24.2 Å². The van der Waals surface area contributed by atoms with Gasteiger partial charge in [0.2, 0.25) is 6.79 Å². The third kappa shape index (κ3) is 2.26. The second kappa shape index (κ2) is 6.08. The predicted molar refractivity (Wildman–Crippen MR) is 105 cm³/mol. The second-order valence-electron chi connectivity index (χ2n) is 7.63. The van der Waals surface area contributed by atoms with Gasteiger partial charge in [-0.15, -0.1) is 0 Å². The van der Waals surface area contributed by atoms with E-state index in [2.05, 4.69) is 60.4 Å². The smallest absolute Gasteiger partial charge is 0.231 e. The fraction of sp³-hybridized carbons (Fsp3) is 0.391. The van der Waals surface area contributed by atoms with E-state index in [1.807, 2.05) is 0 Å². The molecule has 2 heterocycles. The topological polar surface area (TPSA) is 21.7 Å². The summed E-state index contributed by atoms with van der Waals surface area (Å²) in [4.78, 5) is 2.60. The van der Waals surface area contributed by atoms with Crippen molar-refractivity contribution >= 4 is 11.8 Å². The number of anilines is 1. The highest BCUT2D eigenvalue weighted by molar-refractivity contribution is 5.74. The molecule has 1 aliphatic carbocycles. The van der Waals surface area contributed by atoms with Gasteiger partial charge in [0.05, 0.1) is 0 Å². The van der Waals surface area contributed by atoms with Gasteiger partial charge in [-0.2, -0.15) is 0 Å². The highest BCUT2D eigenvalue weighted by Crippen LogP contribution is 2.52. The van der Waals surface area contributed by atoms with Crippen LogP contribution in [0, 0.1) is 0 Å². The highest BCUT2D eigenvalue weighted by atomic mass is 16.7. The molecule has 26 heavy (non-hydrogen) atoms. The molecule has 1 atom stereocenters. The molecule has 1 unspecified atom stereocenters. The number of allylic oxidation sites excluding steroid dienone is 1. The van der Waals surface area contributed by atoms with Crippen molar-refractivity contribution in [3.05, 3.63) is 59.2 Å². The van der Waals surface area contributed by atoms with E-state index in [0.29, 0.717) is 6.79 Å². The first-order valence-electron chi connectivity index (χ1n) is 9.77. The Balaban J connectivity index is 1.61. The minimum Gasteiger partial charge on any atom is -0.454 e. The van der Waals surface area contributed by atoms with Crippen LogP contribution in [-0.4, -0.2) is 19.9 Å². The third-order valence-electron chi connectivity index (χ3n) is 6.08. The lowest BCUT2D eigenvalue weighted by Crippen LogP contribution is -2.36. The van der Waals surface area contributed by atoms with Crippen LogP contribution in [0.5, 0.6) is 11.5 Å². The molecule has 0 aromatic heterocycles. The summed E-state index contributed by atoms with van der Waals surface area (Å²) in [5, 5.41) is 0. The third-order valence-corrected chi connectivity index (χ3v) is 6.08. The van der Waals surface area contributed by atoms with Crippen LogP contribution in [0.2, 0.25) is 0 Å². The molecular formula is C23H25NO2. The summed E-state index contributed by atoms with van der Waals surface area (Å²) in [6.45, 7) is 4.78. The molecule has 0 fully saturated rings. The quantitative estimate of drug-likeness (QED) is 0.716. The second-order valence-corrected chi connectivity index (χ2v) is 7.63. The van der Waals surface area contributed by atoms with Crippen LogP contribution in [0.25, 0.3) is 6.08 Å². The van der Waals surface area contributed by atoms with Crippen molar-refractivity contribution < 1.29 is 9.47 Å². The number of hydrogen-bond acceptors (Lipinski definition) is 3. The molecule has 3 aliphatic rings. The minimum absolute atomic E-state index is 0.0217. The lowest BCUT2D eigenvalue weighted by atomic mass is 9.69. The summed E-state index contributed by atoms with van der Waals surface area (Å²) in [5.41, 5.74) is 5.54. The molecular weight excluding hydrogens is 322 g/mol. The normalized spacial score (nSPS) is 22.0. The fourth-order valence-corrected chi connectivity index (χ4v) is 4.81. The average Bonchev–Trinajstić information content (AvgIpc) is 3.24. The number of nitrogens with zero attached hydrogens (tertiary/aromatic N) is 1. The van der Waals surface area contributed by atoms with E-state index < -0.39 is 0 Å². The summed E-state index contributed by atoms with van der Waals surface area (Å²) in [6.07, 6.45) is 9.42. The van der Waals surface area contributed by atoms with Crippen LogP contribution in [-0.2, 0) is 5.41 Å². The minimum atomic E-state index is 0.0217. The molecule has 134 valence electrons. The Labute approximate surface area is 155 Å². The zero-order chi connectivity index (χ0) is 17.6. The molecule has 5 rings (SSSR count). The van der Waals surface area contributed by atoms with Crippen molar-refractivity contribution in [1.82, 2.24) is 0 Å². The molecule has 2 aromatic rings. The monoisotopic (exact) mass is 347 g/mol. The maximum absolute atomic E-state index is 5.70. The Bertz CT molecular complexity index is 873. The number of para-hydroxylation sites is 1. The molecule has 2 aromatic carbocycles. The Morgan fingerprint density at radius 2 is 1.88 bits per heavy atom. The molecule has 0 radical (unpaired) electrons. The van der Waals surface area contributed by atoms with E-state index in [9.17, 15) is 0 Å². The number of unbranched alkanes of at least 4 members (excludes halogenated alkanes) is 2. The predicted octanol–water partition coefficient (Wildman–Crippen LogP) is 5.13. The summed E-state index contributed by atoms with van der Waals surface area (Å²) in [7, 11) is 0. The van der Waals surface area contributed by atoms with Crippen LogP contribution in [0.15, 0.2) is 42.5 Å². The van der Waals surface area contributed by atoms with Crippen LogP contribution in [0.3, 0.4) is 0 Å². The van der Waals surface area contributed by atoms with Crippen LogP contribution < -0.4 is 14.4 Å². The van der Waals surface area contributed by atoms with E-state index in [0.717, 1.165) is 31.0 Å². The lowest BCUT2D eigenvalue weighted by molar-refractivity contribution is 0.174. The number of fused-ring (bicyclic) bond motifs is 5. The molecule has 0 saturated carbocycles. The van der Waals surface area contributed by atoms with E-state index in [1.165, 1.54) is 41.6 Å². The lowest BCUT2D eigenvalue weighted by Gasteiger charge is -2.34. The number of hydrogen-bond donors (Lipinski definition) is 0. The molecule has 2 aliphatic heterocycles. The molecule has 0 saturated heterocycles. The molecule has 0 amide bonds. The van der Waals surface area contributed by atoms with Gasteiger partial charge in [-0.3, -0.25) is 0 Å². The molecule has 3 heteroatoms. The Kier molecular flexibility index (Phi) is 3.70.